The first-order valence-corrected chi connectivity index (χ1v) is 6.77. The summed E-state index contributed by atoms with van der Waals surface area (Å²) in [5.74, 6) is -0.244. The third-order valence-corrected chi connectivity index (χ3v) is 4.49. The van der Waals surface area contributed by atoms with Crippen LogP contribution >= 0.6 is 0 Å². The fraction of sp³-hybridized carbons (Fsp3) is 0.556. The van der Waals surface area contributed by atoms with Gasteiger partial charge in [-0.3, -0.25) is 4.79 Å². The summed E-state index contributed by atoms with van der Waals surface area (Å²) in [5, 5.41) is -0.0480. The van der Waals surface area contributed by atoms with Crippen LogP contribution in [0.15, 0.2) is 11.2 Å². The van der Waals surface area contributed by atoms with E-state index in [-0.39, 0.29) is 24.8 Å². The van der Waals surface area contributed by atoms with Crippen LogP contribution in [0.3, 0.4) is 0 Å². The van der Waals surface area contributed by atoms with Gasteiger partial charge in [-0.15, -0.1) is 0 Å². The molecule has 1 atom stereocenters. The summed E-state index contributed by atoms with van der Waals surface area (Å²) >= 11 is 0. The van der Waals surface area contributed by atoms with E-state index in [4.69, 9.17) is 10.5 Å². The van der Waals surface area contributed by atoms with Crippen LogP contribution in [0.4, 0.5) is 0 Å². The highest BCUT2D eigenvalue weighted by atomic mass is 32.2. The topological polar surface area (TPSA) is 118 Å². The number of rotatable bonds is 3. The second-order valence-electron chi connectivity index (χ2n) is 3.94. The normalized spacial score (nSPS) is 21.9. The van der Waals surface area contributed by atoms with E-state index in [2.05, 4.69) is 9.97 Å². The highest BCUT2D eigenvalue weighted by Gasteiger charge is 2.38. The lowest BCUT2D eigenvalue weighted by Gasteiger charge is -2.31. The summed E-state index contributed by atoms with van der Waals surface area (Å²) in [6.45, 7) is 1.94. The molecule has 1 unspecified atom stereocenters. The van der Waals surface area contributed by atoms with Crippen molar-refractivity contribution in [2.45, 2.75) is 18.0 Å². The summed E-state index contributed by atoms with van der Waals surface area (Å²) in [6, 6.07) is -0.979. The van der Waals surface area contributed by atoms with Crippen molar-refractivity contribution in [3.8, 4) is 0 Å². The molecular formula is C9H14N4O4S. The molecule has 1 aliphatic rings. The highest BCUT2D eigenvalue weighted by molar-refractivity contribution is 7.89. The Morgan fingerprint density at radius 1 is 1.67 bits per heavy atom. The number of hydrogen-bond donors (Lipinski definition) is 2. The summed E-state index contributed by atoms with van der Waals surface area (Å²) in [4.78, 5) is 17.7. The van der Waals surface area contributed by atoms with E-state index < -0.39 is 22.0 Å². The van der Waals surface area contributed by atoms with Gasteiger partial charge in [0.25, 0.3) is 10.0 Å². The number of ether oxygens (including phenoxy) is 1. The fourth-order valence-electron chi connectivity index (χ4n) is 1.76. The van der Waals surface area contributed by atoms with Crippen LogP contribution in [0.25, 0.3) is 0 Å². The van der Waals surface area contributed by atoms with Gasteiger partial charge in [0.05, 0.1) is 19.4 Å². The van der Waals surface area contributed by atoms with E-state index in [1.807, 2.05) is 0 Å². The Hall–Kier alpha value is -1.45. The molecule has 0 radical (unpaired) electrons. The molecule has 1 amide bonds. The maximum absolute atomic E-state index is 12.3. The number of nitrogens with zero attached hydrogens (tertiary/aromatic N) is 2. The van der Waals surface area contributed by atoms with Gasteiger partial charge in [-0.1, -0.05) is 0 Å². The second kappa shape index (κ2) is 4.67. The molecule has 1 fully saturated rings. The number of aryl methyl sites for hydroxylation is 1. The first-order valence-electron chi connectivity index (χ1n) is 5.33. The minimum atomic E-state index is -3.80. The van der Waals surface area contributed by atoms with Crippen molar-refractivity contribution < 1.29 is 17.9 Å². The predicted octanol–water partition coefficient (Wildman–Crippen LogP) is -1.41. The first kappa shape index (κ1) is 13.0. The van der Waals surface area contributed by atoms with Gasteiger partial charge in [0, 0.05) is 6.54 Å². The van der Waals surface area contributed by atoms with E-state index in [1.54, 1.807) is 6.92 Å². The number of H-pyrrole nitrogens is 1. The van der Waals surface area contributed by atoms with Crippen molar-refractivity contribution >= 4 is 15.9 Å². The number of morpholine rings is 1. The second-order valence-corrected chi connectivity index (χ2v) is 5.80. The molecule has 1 aromatic heterocycles. The number of primary amides is 1. The Labute approximate surface area is 104 Å². The van der Waals surface area contributed by atoms with E-state index in [9.17, 15) is 13.2 Å². The Bertz CT molecular complexity index is 553. The number of imidazole rings is 1. The van der Waals surface area contributed by atoms with Gasteiger partial charge < -0.3 is 15.5 Å². The molecular weight excluding hydrogens is 260 g/mol. The van der Waals surface area contributed by atoms with Gasteiger partial charge in [0.15, 0.2) is 5.03 Å². The summed E-state index contributed by atoms with van der Waals surface area (Å²) in [6.07, 6.45) is 1.22. The van der Waals surface area contributed by atoms with Crippen molar-refractivity contribution in [1.82, 2.24) is 14.3 Å². The number of amides is 1. The zero-order valence-corrected chi connectivity index (χ0v) is 10.6. The first-order chi connectivity index (χ1) is 8.43. The molecule has 9 heteroatoms. The number of nitrogens with two attached hydrogens (primary N) is 1. The van der Waals surface area contributed by atoms with Crippen molar-refractivity contribution in [2.75, 3.05) is 19.8 Å². The Morgan fingerprint density at radius 2 is 2.39 bits per heavy atom. The maximum Gasteiger partial charge on any atom is 0.261 e. The molecule has 0 aromatic carbocycles. The van der Waals surface area contributed by atoms with E-state index >= 15 is 0 Å². The van der Waals surface area contributed by atoms with Crippen LogP contribution in [-0.4, -0.2) is 54.4 Å². The summed E-state index contributed by atoms with van der Waals surface area (Å²) in [5.41, 5.74) is 5.19. The average Bonchev–Trinajstić information content (AvgIpc) is 2.76. The lowest BCUT2D eigenvalue weighted by molar-refractivity contribution is -0.125. The van der Waals surface area contributed by atoms with Gasteiger partial charge in [-0.2, -0.15) is 4.31 Å². The highest BCUT2D eigenvalue weighted by Crippen LogP contribution is 2.18. The third kappa shape index (κ3) is 2.24. The smallest absolute Gasteiger partial charge is 0.261 e. The van der Waals surface area contributed by atoms with Crippen molar-refractivity contribution in [3.05, 3.63) is 12.0 Å². The maximum atomic E-state index is 12.3. The molecule has 0 aliphatic carbocycles. The molecule has 0 bridgehead atoms. The van der Waals surface area contributed by atoms with Crippen LogP contribution in [0.5, 0.6) is 0 Å². The minimum Gasteiger partial charge on any atom is -0.378 e. The minimum absolute atomic E-state index is 0.0261. The van der Waals surface area contributed by atoms with Gasteiger partial charge in [-0.25, -0.2) is 13.4 Å². The molecule has 1 aliphatic heterocycles. The van der Waals surface area contributed by atoms with Crippen LogP contribution in [0, 0.1) is 6.92 Å². The third-order valence-electron chi connectivity index (χ3n) is 2.67. The molecule has 18 heavy (non-hydrogen) atoms. The molecule has 0 spiro atoms. The lowest BCUT2D eigenvalue weighted by atomic mass is 10.3. The Balaban J connectivity index is 2.36. The zero-order chi connectivity index (χ0) is 13.3. The average molecular weight is 274 g/mol. The predicted molar refractivity (Wildman–Crippen MR) is 61.0 cm³/mol. The van der Waals surface area contributed by atoms with Crippen molar-refractivity contribution in [3.63, 3.8) is 0 Å². The van der Waals surface area contributed by atoms with Gasteiger partial charge >= 0.3 is 0 Å². The molecule has 100 valence electrons. The number of aromatic amines is 1. The molecule has 0 saturated carbocycles. The van der Waals surface area contributed by atoms with E-state index in [1.165, 1.54) is 6.20 Å². The summed E-state index contributed by atoms with van der Waals surface area (Å²) < 4.78 is 30.7. The van der Waals surface area contributed by atoms with Crippen LogP contribution in [0.2, 0.25) is 0 Å². The van der Waals surface area contributed by atoms with Crippen LogP contribution < -0.4 is 5.73 Å². The number of carbonyl (C=O) groups is 1. The lowest BCUT2D eigenvalue weighted by Crippen LogP contribution is -2.54. The number of sulfonamides is 1. The molecule has 2 rings (SSSR count). The van der Waals surface area contributed by atoms with Gasteiger partial charge in [0.2, 0.25) is 5.91 Å². The SMILES string of the molecule is Cc1ncc(S(=O)(=O)N2CCOCC2C(N)=O)[nH]1. The fourth-order valence-corrected chi connectivity index (χ4v) is 3.29. The molecule has 1 aromatic rings. The zero-order valence-electron chi connectivity index (χ0n) is 9.79. The van der Waals surface area contributed by atoms with Crippen molar-refractivity contribution in [1.29, 1.82) is 0 Å². The van der Waals surface area contributed by atoms with Gasteiger partial charge in [-0.05, 0) is 6.92 Å². The van der Waals surface area contributed by atoms with E-state index in [0.29, 0.717) is 5.82 Å². The molecule has 1 saturated heterocycles. The molecule has 8 nitrogen and oxygen atoms in total. The summed E-state index contributed by atoms with van der Waals surface area (Å²) in [7, 11) is -3.80. The number of nitrogens with one attached hydrogen (secondary N) is 1. The monoisotopic (exact) mass is 274 g/mol. The quantitative estimate of drug-likeness (QED) is 0.702. The van der Waals surface area contributed by atoms with Crippen LogP contribution in [0.1, 0.15) is 5.82 Å². The van der Waals surface area contributed by atoms with Crippen LogP contribution in [-0.2, 0) is 19.6 Å². The number of aromatic nitrogens is 2. The number of hydrogen-bond acceptors (Lipinski definition) is 5. The number of carbonyl (C=O) groups excluding carboxylic acids is 1. The Morgan fingerprint density at radius 3 is 2.94 bits per heavy atom. The Kier molecular flexibility index (Phi) is 3.37. The molecule has 2 heterocycles. The largest absolute Gasteiger partial charge is 0.378 e. The standard InChI is InChI=1S/C9H14N4O4S/c1-6-11-4-8(12-6)18(15,16)13-2-3-17-5-7(13)9(10)14/h4,7H,2-3,5H2,1H3,(H2,10,14)(H,11,12). The van der Waals surface area contributed by atoms with E-state index in [0.717, 1.165) is 4.31 Å². The van der Waals surface area contributed by atoms with Gasteiger partial charge in [0.1, 0.15) is 11.9 Å². The molecule has 3 N–H and O–H groups in total. The van der Waals surface area contributed by atoms with Crippen molar-refractivity contribution in [2.24, 2.45) is 5.73 Å².